The zero-order chi connectivity index (χ0) is 22.2. The Morgan fingerprint density at radius 3 is 2.56 bits per heavy atom. The predicted molar refractivity (Wildman–Crippen MR) is 119 cm³/mol. The molecule has 0 aliphatic carbocycles. The van der Waals surface area contributed by atoms with Crippen LogP contribution in [0.5, 0.6) is 5.75 Å². The first-order chi connectivity index (χ1) is 15.5. The highest BCUT2D eigenvalue weighted by molar-refractivity contribution is 5.93. The van der Waals surface area contributed by atoms with Gasteiger partial charge in [0.25, 0.3) is 5.56 Å². The van der Waals surface area contributed by atoms with Gasteiger partial charge in [0.2, 0.25) is 5.89 Å². The summed E-state index contributed by atoms with van der Waals surface area (Å²) >= 11 is 0. The average Bonchev–Trinajstić information content (AvgIpc) is 3.39. The lowest BCUT2D eigenvalue weighted by atomic mass is 10.1. The summed E-state index contributed by atoms with van der Waals surface area (Å²) in [4.78, 5) is 17.7. The minimum atomic E-state index is -0.354. The molecule has 2 aromatic carbocycles. The van der Waals surface area contributed by atoms with E-state index in [0.29, 0.717) is 39.9 Å². The largest absolute Gasteiger partial charge is 0.497 e. The van der Waals surface area contributed by atoms with Crippen LogP contribution in [-0.2, 0) is 6.54 Å². The summed E-state index contributed by atoms with van der Waals surface area (Å²) in [6.07, 6.45) is 0. The Morgan fingerprint density at radius 2 is 1.78 bits per heavy atom. The lowest BCUT2D eigenvalue weighted by Crippen LogP contribution is -2.25. The molecule has 0 aliphatic heterocycles. The van der Waals surface area contributed by atoms with Crippen LogP contribution in [0.4, 0.5) is 0 Å². The van der Waals surface area contributed by atoms with Crippen LogP contribution in [0.3, 0.4) is 0 Å². The first-order valence-electron chi connectivity index (χ1n) is 10.1. The smallest absolute Gasteiger partial charge is 0.297 e. The van der Waals surface area contributed by atoms with Crippen LogP contribution in [0.25, 0.3) is 33.6 Å². The molecule has 8 nitrogen and oxygen atoms in total. The summed E-state index contributed by atoms with van der Waals surface area (Å²) in [5.74, 6) is 2.33. The maximum Gasteiger partial charge on any atom is 0.297 e. The topological polar surface area (TPSA) is 96.2 Å². The van der Waals surface area contributed by atoms with E-state index in [2.05, 4.69) is 15.2 Å². The zero-order valence-corrected chi connectivity index (χ0v) is 17.8. The van der Waals surface area contributed by atoms with Crippen molar-refractivity contribution in [3.8, 4) is 28.5 Å². The van der Waals surface area contributed by atoms with Crippen molar-refractivity contribution in [1.82, 2.24) is 19.9 Å². The molecule has 3 aromatic heterocycles. The third-order valence-corrected chi connectivity index (χ3v) is 5.31. The molecule has 32 heavy (non-hydrogen) atoms. The van der Waals surface area contributed by atoms with Gasteiger partial charge in [0.15, 0.2) is 5.52 Å². The van der Waals surface area contributed by atoms with Gasteiger partial charge in [-0.05, 0) is 38.1 Å². The summed E-state index contributed by atoms with van der Waals surface area (Å²) in [7, 11) is 1.60. The molecule has 0 radical (unpaired) electrons. The Bertz CT molecular complexity index is 1480. The standard InChI is InChI=1S/C24H20N4O4/c1-14-19(25-23(31-14)16-8-5-4-6-9-16)13-28-24(29)22-20(15(2)32-27-22)21(26-28)17-10-7-11-18(12-17)30-3/h4-12H,13H2,1-3H3. The van der Waals surface area contributed by atoms with E-state index in [4.69, 9.17) is 13.7 Å². The van der Waals surface area contributed by atoms with Gasteiger partial charge in [-0.2, -0.15) is 5.10 Å². The predicted octanol–water partition coefficient (Wildman–Crippen LogP) is 4.38. The molecule has 5 rings (SSSR count). The van der Waals surface area contributed by atoms with Crippen molar-refractivity contribution in [1.29, 1.82) is 0 Å². The third-order valence-electron chi connectivity index (χ3n) is 5.31. The van der Waals surface area contributed by atoms with Gasteiger partial charge in [-0.1, -0.05) is 35.5 Å². The highest BCUT2D eigenvalue weighted by Gasteiger charge is 2.21. The van der Waals surface area contributed by atoms with Gasteiger partial charge in [-0.25, -0.2) is 9.67 Å². The molecule has 0 saturated carbocycles. The fourth-order valence-corrected chi connectivity index (χ4v) is 3.64. The fraction of sp³-hybridized carbons (Fsp3) is 0.167. The number of oxazole rings is 1. The van der Waals surface area contributed by atoms with E-state index in [1.54, 1.807) is 14.0 Å². The van der Waals surface area contributed by atoms with Crippen LogP contribution in [0.1, 0.15) is 17.2 Å². The van der Waals surface area contributed by atoms with Crippen LogP contribution in [0.2, 0.25) is 0 Å². The molecule has 0 fully saturated rings. The van der Waals surface area contributed by atoms with E-state index in [1.165, 1.54) is 4.68 Å². The molecule has 0 spiro atoms. The Hall–Kier alpha value is -4.20. The second-order valence-electron chi connectivity index (χ2n) is 7.39. The molecule has 0 atom stereocenters. The number of nitrogens with zero attached hydrogens (tertiary/aromatic N) is 4. The van der Waals surface area contributed by atoms with Crippen molar-refractivity contribution >= 4 is 10.9 Å². The number of hydrogen-bond donors (Lipinski definition) is 0. The molecule has 0 saturated heterocycles. The summed E-state index contributed by atoms with van der Waals surface area (Å²) in [6, 6.07) is 17.1. The van der Waals surface area contributed by atoms with Crippen LogP contribution in [-0.4, -0.2) is 27.0 Å². The van der Waals surface area contributed by atoms with Gasteiger partial charge < -0.3 is 13.7 Å². The van der Waals surface area contributed by atoms with E-state index in [9.17, 15) is 4.79 Å². The summed E-state index contributed by atoms with van der Waals surface area (Å²) < 4.78 is 17.9. The second-order valence-corrected chi connectivity index (χ2v) is 7.39. The number of benzene rings is 2. The highest BCUT2D eigenvalue weighted by atomic mass is 16.5. The average molecular weight is 428 g/mol. The van der Waals surface area contributed by atoms with E-state index < -0.39 is 0 Å². The van der Waals surface area contributed by atoms with Crippen LogP contribution < -0.4 is 10.3 Å². The van der Waals surface area contributed by atoms with E-state index in [0.717, 1.165) is 11.1 Å². The van der Waals surface area contributed by atoms with Crippen LogP contribution in [0.15, 0.2) is 68.3 Å². The lowest BCUT2D eigenvalue weighted by molar-refractivity contribution is 0.405. The molecular formula is C24H20N4O4. The van der Waals surface area contributed by atoms with Gasteiger partial charge in [-0.3, -0.25) is 4.79 Å². The summed E-state index contributed by atoms with van der Waals surface area (Å²) in [6.45, 7) is 3.72. The molecule has 0 N–H and O–H groups in total. The Labute approximate surface area is 183 Å². The molecule has 3 heterocycles. The molecular weight excluding hydrogens is 408 g/mol. The van der Waals surface area contributed by atoms with Gasteiger partial charge in [0.1, 0.15) is 28.7 Å². The maximum absolute atomic E-state index is 13.1. The van der Waals surface area contributed by atoms with Crippen molar-refractivity contribution < 1.29 is 13.7 Å². The van der Waals surface area contributed by atoms with Gasteiger partial charge in [0, 0.05) is 11.1 Å². The highest BCUT2D eigenvalue weighted by Crippen LogP contribution is 2.30. The Kier molecular flexibility index (Phi) is 4.82. The minimum Gasteiger partial charge on any atom is -0.497 e. The second kappa shape index (κ2) is 7.81. The zero-order valence-electron chi connectivity index (χ0n) is 17.8. The molecule has 0 bridgehead atoms. The summed E-state index contributed by atoms with van der Waals surface area (Å²) in [5, 5.41) is 9.25. The van der Waals surface area contributed by atoms with E-state index >= 15 is 0 Å². The molecule has 0 aliphatic rings. The van der Waals surface area contributed by atoms with Crippen molar-refractivity contribution in [3.05, 3.63) is 82.2 Å². The molecule has 160 valence electrons. The van der Waals surface area contributed by atoms with Gasteiger partial charge >= 0.3 is 0 Å². The SMILES string of the molecule is COc1cccc(-c2nn(Cc3nc(-c4ccccc4)oc3C)c(=O)c3noc(C)c23)c1. The van der Waals surface area contributed by atoms with Gasteiger partial charge in [-0.15, -0.1) is 0 Å². The number of hydrogen-bond acceptors (Lipinski definition) is 7. The number of aromatic nitrogens is 4. The minimum absolute atomic E-state index is 0.139. The first-order valence-corrected chi connectivity index (χ1v) is 10.1. The van der Waals surface area contributed by atoms with Gasteiger partial charge in [0.05, 0.1) is 19.0 Å². The van der Waals surface area contributed by atoms with E-state index in [-0.39, 0.29) is 17.6 Å². The Balaban J connectivity index is 1.64. The first kappa shape index (κ1) is 19.7. The van der Waals surface area contributed by atoms with Crippen molar-refractivity contribution in [2.24, 2.45) is 0 Å². The number of rotatable bonds is 5. The molecule has 5 aromatic rings. The molecule has 0 unspecified atom stereocenters. The monoisotopic (exact) mass is 428 g/mol. The van der Waals surface area contributed by atoms with Crippen molar-refractivity contribution in [2.75, 3.05) is 7.11 Å². The van der Waals surface area contributed by atoms with Crippen LogP contribution >= 0.6 is 0 Å². The molecule has 0 amide bonds. The maximum atomic E-state index is 13.1. The number of methoxy groups -OCH3 is 1. The van der Waals surface area contributed by atoms with E-state index in [1.807, 2.05) is 61.5 Å². The van der Waals surface area contributed by atoms with Crippen molar-refractivity contribution in [3.63, 3.8) is 0 Å². The lowest BCUT2D eigenvalue weighted by Gasteiger charge is -2.09. The summed E-state index contributed by atoms with van der Waals surface area (Å²) in [5.41, 5.74) is 2.72. The third kappa shape index (κ3) is 3.35. The quantitative estimate of drug-likeness (QED) is 0.410. The Morgan fingerprint density at radius 1 is 1.00 bits per heavy atom. The van der Waals surface area contributed by atoms with Crippen molar-refractivity contribution in [2.45, 2.75) is 20.4 Å². The number of ether oxygens (including phenoxy) is 1. The fourth-order valence-electron chi connectivity index (χ4n) is 3.64. The van der Waals surface area contributed by atoms with Crippen LogP contribution in [0, 0.1) is 13.8 Å². The molecule has 8 heteroatoms. The number of aryl methyl sites for hydroxylation is 2. The number of fused-ring (bicyclic) bond motifs is 1. The normalized spacial score (nSPS) is 11.2.